The normalized spacial score (nSPS) is 11.4. The number of carbonyl (C=O) groups excluding carboxylic acids is 2. The van der Waals surface area contributed by atoms with Crippen LogP contribution in [0.5, 0.6) is 5.75 Å². The van der Waals surface area contributed by atoms with Crippen molar-refractivity contribution in [1.29, 1.82) is 0 Å². The second-order valence-electron chi connectivity index (χ2n) is 6.26. The number of carbonyl (C=O) groups is 2. The summed E-state index contributed by atoms with van der Waals surface area (Å²) in [6.45, 7) is 1.99. The Balaban J connectivity index is 1.76. The predicted octanol–water partition coefficient (Wildman–Crippen LogP) is 4.30. The maximum Gasteiger partial charge on any atom is 0.217 e. The van der Waals surface area contributed by atoms with Gasteiger partial charge in [0.1, 0.15) is 18.6 Å². The van der Waals surface area contributed by atoms with Crippen molar-refractivity contribution in [2.24, 2.45) is 0 Å². The Labute approximate surface area is 158 Å². The van der Waals surface area contributed by atoms with Crippen LogP contribution in [0.4, 0.5) is 0 Å². The molecule has 1 atom stereocenters. The van der Waals surface area contributed by atoms with E-state index in [2.05, 4.69) is 5.32 Å². The fraction of sp³-hybridized carbons (Fsp3) is 0.130. The minimum Gasteiger partial charge on any atom is -0.489 e. The molecule has 1 amide bonds. The standard InChI is InChI=1S/C23H21NO3/c1-17(26)24-23(20-9-7-18(15-25)8-10-20)21-11-13-22(14-12-21)27-16-19-5-3-2-4-6-19/h2-15,23H,16H2,1H3,(H,24,26). The molecule has 136 valence electrons. The molecule has 0 heterocycles. The Morgan fingerprint density at radius 3 is 2.07 bits per heavy atom. The topological polar surface area (TPSA) is 55.4 Å². The van der Waals surface area contributed by atoms with Crippen LogP contribution in [-0.2, 0) is 11.4 Å². The van der Waals surface area contributed by atoms with E-state index >= 15 is 0 Å². The van der Waals surface area contributed by atoms with E-state index in [0.29, 0.717) is 12.2 Å². The lowest BCUT2D eigenvalue weighted by Crippen LogP contribution is -2.26. The molecule has 0 bridgehead atoms. The fourth-order valence-electron chi connectivity index (χ4n) is 2.83. The van der Waals surface area contributed by atoms with Crippen molar-refractivity contribution in [2.75, 3.05) is 0 Å². The first-order chi connectivity index (χ1) is 13.2. The van der Waals surface area contributed by atoms with E-state index in [1.807, 2.05) is 66.7 Å². The van der Waals surface area contributed by atoms with Crippen LogP contribution in [0, 0.1) is 0 Å². The van der Waals surface area contributed by atoms with E-state index in [-0.39, 0.29) is 11.9 Å². The van der Waals surface area contributed by atoms with Crippen LogP contribution in [0.1, 0.15) is 40.0 Å². The van der Waals surface area contributed by atoms with Gasteiger partial charge in [-0.05, 0) is 28.8 Å². The average Bonchev–Trinajstić information content (AvgIpc) is 2.72. The van der Waals surface area contributed by atoms with Crippen LogP contribution in [-0.4, -0.2) is 12.2 Å². The molecule has 0 aliphatic carbocycles. The van der Waals surface area contributed by atoms with E-state index in [1.54, 1.807) is 12.1 Å². The fourth-order valence-corrected chi connectivity index (χ4v) is 2.83. The van der Waals surface area contributed by atoms with Gasteiger partial charge in [-0.15, -0.1) is 0 Å². The van der Waals surface area contributed by atoms with Gasteiger partial charge < -0.3 is 10.1 Å². The second kappa shape index (κ2) is 8.81. The van der Waals surface area contributed by atoms with Gasteiger partial charge in [0.2, 0.25) is 5.91 Å². The molecular formula is C23H21NO3. The number of hydrogen-bond acceptors (Lipinski definition) is 3. The highest BCUT2D eigenvalue weighted by Gasteiger charge is 2.15. The summed E-state index contributed by atoms with van der Waals surface area (Å²) in [5.74, 6) is 0.643. The molecular weight excluding hydrogens is 338 g/mol. The highest BCUT2D eigenvalue weighted by atomic mass is 16.5. The summed E-state index contributed by atoms with van der Waals surface area (Å²) >= 11 is 0. The highest BCUT2D eigenvalue weighted by molar-refractivity contribution is 5.75. The lowest BCUT2D eigenvalue weighted by Gasteiger charge is -2.19. The molecule has 0 spiro atoms. The summed E-state index contributed by atoms with van der Waals surface area (Å²) < 4.78 is 5.82. The number of ether oxygens (including phenoxy) is 1. The number of hydrogen-bond donors (Lipinski definition) is 1. The Morgan fingerprint density at radius 2 is 1.52 bits per heavy atom. The van der Waals surface area contributed by atoms with Gasteiger partial charge in [-0.1, -0.05) is 66.7 Å². The van der Waals surface area contributed by atoms with Crippen molar-refractivity contribution in [2.45, 2.75) is 19.6 Å². The Kier molecular flexibility index (Phi) is 6.00. The molecule has 0 aliphatic heterocycles. The van der Waals surface area contributed by atoms with Crippen molar-refractivity contribution in [1.82, 2.24) is 5.32 Å². The molecule has 0 saturated heterocycles. The number of aldehydes is 1. The maximum atomic E-state index is 11.7. The molecule has 0 fully saturated rings. The van der Waals surface area contributed by atoms with Crippen molar-refractivity contribution in [3.05, 3.63) is 101 Å². The largest absolute Gasteiger partial charge is 0.489 e. The number of amides is 1. The highest BCUT2D eigenvalue weighted by Crippen LogP contribution is 2.25. The van der Waals surface area contributed by atoms with Crippen molar-refractivity contribution in [3.8, 4) is 5.75 Å². The van der Waals surface area contributed by atoms with Crippen LogP contribution in [0.2, 0.25) is 0 Å². The first-order valence-electron chi connectivity index (χ1n) is 8.74. The third kappa shape index (κ3) is 5.05. The molecule has 1 unspecified atom stereocenters. The molecule has 3 aromatic carbocycles. The summed E-state index contributed by atoms with van der Waals surface area (Å²) in [7, 11) is 0. The second-order valence-corrected chi connectivity index (χ2v) is 6.26. The van der Waals surface area contributed by atoms with Crippen LogP contribution in [0.25, 0.3) is 0 Å². The van der Waals surface area contributed by atoms with Gasteiger partial charge in [0.25, 0.3) is 0 Å². The molecule has 0 radical (unpaired) electrons. The lowest BCUT2D eigenvalue weighted by atomic mass is 9.97. The average molecular weight is 359 g/mol. The van der Waals surface area contributed by atoms with E-state index in [1.165, 1.54) is 6.92 Å². The number of benzene rings is 3. The first-order valence-corrected chi connectivity index (χ1v) is 8.74. The number of rotatable bonds is 7. The van der Waals surface area contributed by atoms with Crippen molar-refractivity contribution < 1.29 is 14.3 Å². The predicted molar refractivity (Wildman–Crippen MR) is 105 cm³/mol. The first kappa shape index (κ1) is 18.4. The molecule has 0 aromatic heterocycles. The zero-order valence-electron chi connectivity index (χ0n) is 15.1. The Bertz CT molecular complexity index is 887. The van der Waals surface area contributed by atoms with Crippen LogP contribution in [0.3, 0.4) is 0 Å². The lowest BCUT2D eigenvalue weighted by molar-refractivity contribution is -0.119. The SMILES string of the molecule is CC(=O)NC(c1ccc(C=O)cc1)c1ccc(OCc2ccccc2)cc1. The summed E-state index contributed by atoms with van der Waals surface area (Å²) in [5, 5.41) is 2.96. The van der Waals surface area contributed by atoms with Gasteiger partial charge in [0, 0.05) is 12.5 Å². The van der Waals surface area contributed by atoms with Crippen LogP contribution >= 0.6 is 0 Å². The minimum absolute atomic E-state index is 0.121. The summed E-state index contributed by atoms with van der Waals surface area (Å²) in [6, 6.07) is 24.5. The monoisotopic (exact) mass is 359 g/mol. The number of nitrogens with one attached hydrogen (secondary N) is 1. The van der Waals surface area contributed by atoms with Gasteiger partial charge in [0.05, 0.1) is 6.04 Å². The van der Waals surface area contributed by atoms with E-state index in [4.69, 9.17) is 4.74 Å². The van der Waals surface area contributed by atoms with Gasteiger partial charge in [0.15, 0.2) is 0 Å². The third-order valence-corrected chi connectivity index (χ3v) is 4.22. The summed E-state index contributed by atoms with van der Waals surface area (Å²) in [4.78, 5) is 22.5. The summed E-state index contributed by atoms with van der Waals surface area (Å²) in [6.07, 6.45) is 0.802. The summed E-state index contributed by atoms with van der Waals surface area (Å²) in [5.41, 5.74) is 3.56. The van der Waals surface area contributed by atoms with Gasteiger partial charge >= 0.3 is 0 Å². The minimum atomic E-state index is -0.286. The van der Waals surface area contributed by atoms with E-state index in [9.17, 15) is 9.59 Å². The van der Waals surface area contributed by atoms with Crippen LogP contribution in [0.15, 0.2) is 78.9 Å². The molecule has 3 aromatic rings. The van der Waals surface area contributed by atoms with E-state index < -0.39 is 0 Å². The van der Waals surface area contributed by atoms with Gasteiger partial charge in [-0.3, -0.25) is 9.59 Å². The Hall–Kier alpha value is -3.40. The Morgan fingerprint density at radius 1 is 0.926 bits per heavy atom. The van der Waals surface area contributed by atoms with Crippen molar-refractivity contribution in [3.63, 3.8) is 0 Å². The smallest absolute Gasteiger partial charge is 0.217 e. The van der Waals surface area contributed by atoms with Gasteiger partial charge in [-0.2, -0.15) is 0 Å². The molecule has 3 rings (SSSR count). The molecule has 4 heteroatoms. The zero-order valence-corrected chi connectivity index (χ0v) is 15.1. The molecule has 4 nitrogen and oxygen atoms in total. The molecule has 27 heavy (non-hydrogen) atoms. The van der Waals surface area contributed by atoms with E-state index in [0.717, 1.165) is 28.7 Å². The zero-order chi connectivity index (χ0) is 19.1. The maximum absolute atomic E-state index is 11.7. The molecule has 1 N–H and O–H groups in total. The third-order valence-electron chi connectivity index (χ3n) is 4.22. The molecule has 0 aliphatic rings. The van der Waals surface area contributed by atoms with Crippen molar-refractivity contribution >= 4 is 12.2 Å². The molecule has 0 saturated carbocycles. The van der Waals surface area contributed by atoms with Crippen LogP contribution < -0.4 is 10.1 Å². The quantitative estimate of drug-likeness (QED) is 0.640. The van der Waals surface area contributed by atoms with Gasteiger partial charge in [-0.25, -0.2) is 0 Å².